The first-order chi connectivity index (χ1) is 11.4. The smallest absolute Gasteiger partial charge is 0.253 e. The fraction of sp³-hybridized carbons (Fsp3) is 0.333. The number of thiophene rings is 1. The van der Waals surface area contributed by atoms with Crippen molar-refractivity contribution >= 4 is 27.3 Å². The van der Waals surface area contributed by atoms with Gasteiger partial charge in [-0.05, 0) is 30.7 Å². The Kier molecular flexibility index (Phi) is 4.68. The molecule has 9 heteroatoms. The van der Waals surface area contributed by atoms with Crippen molar-refractivity contribution in [1.29, 1.82) is 0 Å². The first-order valence-corrected chi connectivity index (χ1v) is 9.69. The van der Waals surface area contributed by atoms with Crippen molar-refractivity contribution in [3.63, 3.8) is 0 Å². The van der Waals surface area contributed by atoms with E-state index >= 15 is 0 Å². The van der Waals surface area contributed by atoms with Crippen LogP contribution in [0, 0.1) is 0 Å². The molecule has 0 radical (unpaired) electrons. The zero-order valence-electron chi connectivity index (χ0n) is 13.0. The summed E-state index contributed by atoms with van der Waals surface area (Å²) in [6, 6.07) is 7.62. The molecule has 2 aromatic heterocycles. The first kappa shape index (κ1) is 17.0. The summed E-state index contributed by atoms with van der Waals surface area (Å²) in [5.41, 5.74) is 6.60. The number of nitrogens with two attached hydrogens (primary N) is 1. The van der Waals surface area contributed by atoms with Crippen LogP contribution in [-0.2, 0) is 14.8 Å². The van der Waals surface area contributed by atoms with Gasteiger partial charge < -0.3 is 11.1 Å². The van der Waals surface area contributed by atoms with Crippen molar-refractivity contribution in [2.75, 3.05) is 13.6 Å². The van der Waals surface area contributed by atoms with E-state index in [1.165, 1.54) is 11.4 Å². The quantitative estimate of drug-likeness (QED) is 0.826. The van der Waals surface area contributed by atoms with Gasteiger partial charge in [-0.25, -0.2) is 8.42 Å². The monoisotopic (exact) mass is 366 g/mol. The SMILES string of the molecule is CNC(=O)[C@@H]1C[C@@H](N)CN1S(=O)(=O)c1ccc(-c2ccccn2)s1. The molecule has 0 bridgehead atoms. The number of nitrogens with zero attached hydrogens (tertiary/aromatic N) is 2. The van der Waals surface area contributed by atoms with Crippen molar-refractivity contribution in [3.05, 3.63) is 36.5 Å². The molecule has 0 saturated carbocycles. The molecule has 3 N–H and O–H groups in total. The summed E-state index contributed by atoms with van der Waals surface area (Å²) < 4.78 is 27.3. The third-order valence-corrected chi connectivity index (χ3v) is 7.35. The zero-order chi connectivity index (χ0) is 17.3. The Labute approximate surface area is 144 Å². The molecule has 2 aromatic rings. The van der Waals surface area contributed by atoms with E-state index in [1.807, 2.05) is 12.1 Å². The number of hydrogen-bond acceptors (Lipinski definition) is 6. The van der Waals surface area contributed by atoms with Crippen molar-refractivity contribution < 1.29 is 13.2 Å². The van der Waals surface area contributed by atoms with Gasteiger partial charge in [0.1, 0.15) is 10.3 Å². The molecule has 24 heavy (non-hydrogen) atoms. The summed E-state index contributed by atoms with van der Waals surface area (Å²) in [5.74, 6) is -0.340. The minimum atomic E-state index is -3.78. The Balaban J connectivity index is 1.93. The molecule has 2 atom stereocenters. The van der Waals surface area contributed by atoms with E-state index < -0.39 is 16.1 Å². The van der Waals surface area contributed by atoms with Crippen LogP contribution in [0.2, 0.25) is 0 Å². The van der Waals surface area contributed by atoms with Gasteiger partial charge in [-0.3, -0.25) is 9.78 Å². The number of nitrogens with one attached hydrogen (secondary N) is 1. The van der Waals surface area contributed by atoms with E-state index in [0.717, 1.165) is 16.2 Å². The lowest BCUT2D eigenvalue weighted by atomic mass is 10.2. The third kappa shape index (κ3) is 3.07. The van der Waals surface area contributed by atoms with Gasteiger partial charge in [-0.1, -0.05) is 6.07 Å². The summed E-state index contributed by atoms with van der Waals surface area (Å²) in [6.07, 6.45) is 1.97. The van der Waals surface area contributed by atoms with Crippen LogP contribution in [0.25, 0.3) is 10.6 Å². The Morgan fingerprint density at radius 3 is 2.83 bits per heavy atom. The summed E-state index contributed by atoms with van der Waals surface area (Å²) in [4.78, 5) is 17.0. The average Bonchev–Trinajstić information content (AvgIpc) is 3.22. The standard InChI is InChI=1S/C15H18N4O3S2/c1-17-15(20)12-8-10(16)9-19(12)24(21,22)14-6-5-13(23-14)11-4-2-3-7-18-11/h2-7,10,12H,8-9,16H2,1H3,(H,17,20)/t10-,12+/m1/s1. The van der Waals surface area contributed by atoms with Crippen molar-refractivity contribution in [2.24, 2.45) is 5.73 Å². The molecule has 0 unspecified atom stereocenters. The summed E-state index contributed by atoms with van der Waals surface area (Å²) >= 11 is 1.14. The maximum Gasteiger partial charge on any atom is 0.253 e. The third-order valence-electron chi connectivity index (χ3n) is 3.90. The van der Waals surface area contributed by atoms with Crippen LogP contribution in [0.5, 0.6) is 0 Å². The predicted molar refractivity (Wildman–Crippen MR) is 91.9 cm³/mol. The number of pyridine rings is 1. The molecule has 1 aliphatic heterocycles. The van der Waals surface area contributed by atoms with Gasteiger partial charge in [0.05, 0.1) is 10.6 Å². The van der Waals surface area contributed by atoms with E-state index in [1.54, 1.807) is 24.4 Å². The van der Waals surface area contributed by atoms with Gasteiger partial charge in [-0.2, -0.15) is 4.31 Å². The number of amides is 1. The van der Waals surface area contributed by atoms with Crippen LogP contribution < -0.4 is 11.1 Å². The van der Waals surface area contributed by atoms with E-state index in [9.17, 15) is 13.2 Å². The van der Waals surface area contributed by atoms with Gasteiger partial charge in [0.15, 0.2) is 0 Å². The highest BCUT2D eigenvalue weighted by Crippen LogP contribution is 2.33. The molecule has 0 aromatic carbocycles. The molecule has 1 aliphatic rings. The number of aromatic nitrogens is 1. The van der Waals surface area contributed by atoms with Gasteiger partial charge >= 0.3 is 0 Å². The molecular weight excluding hydrogens is 348 g/mol. The van der Waals surface area contributed by atoms with Gasteiger partial charge in [-0.15, -0.1) is 11.3 Å². The number of carbonyl (C=O) groups excluding carboxylic acids is 1. The maximum absolute atomic E-state index is 12.9. The topological polar surface area (TPSA) is 105 Å². The van der Waals surface area contributed by atoms with Crippen molar-refractivity contribution in [2.45, 2.75) is 22.7 Å². The molecule has 3 heterocycles. The van der Waals surface area contributed by atoms with Crippen LogP contribution in [-0.4, -0.2) is 49.3 Å². The number of likely N-dealkylation sites (N-methyl/N-ethyl adjacent to an activating group) is 1. The highest BCUT2D eigenvalue weighted by Gasteiger charge is 2.43. The van der Waals surface area contributed by atoms with Crippen LogP contribution >= 0.6 is 11.3 Å². The maximum atomic E-state index is 12.9. The van der Waals surface area contributed by atoms with E-state index in [4.69, 9.17) is 5.73 Å². The van der Waals surface area contributed by atoms with E-state index in [0.29, 0.717) is 12.1 Å². The van der Waals surface area contributed by atoms with Crippen LogP contribution in [0.1, 0.15) is 6.42 Å². The minimum Gasteiger partial charge on any atom is -0.358 e. The number of hydrogen-bond donors (Lipinski definition) is 2. The fourth-order valence-electron chi connectivity index (χ4n) is 2.73. The number of carbonyl (C=O) groups is 1. The summed E-state index contributed by atoms with van der Waals surface area (Å²) in [5, 5.41) is 2.50. The molecule has 0 spiro atoms. The van der Waals surface area contributed by atoms with E-state index in [2.05, 4.69) is 10.3 Å². The predicted octanol–water partition coefficient (Wildman–Crippen LogP) is 0.646. The molecule has 1 fully saturated rings. The second-order valence-corrected chi connectivity index (χ2v) is 8.74. The lowest BCUT2D eigenvalue weighted by Gasteiger charge is -2.21. The fourth-order valence-corrected chi connectivity index (χ4v) is 5.80. The second kappa shape index (κ2) is 6.60. The number of rotatable bonds is 4. The first-order valence-electron chi connectivity index (χ1n) is 7.43. The highest BCUT2D eigenvalue weighted by atomic mass is 32.2. The highest BCUT2D eigenvalue weighted by molar-refractivity contribution is 7.91. The van der Waals surface area contributed by atoms with Gasteiger partial charge in [0, 0.05) is 25.8 Å². The van der Waals surface area contributed by atoms with E-state index in [-0.39, 0.29) is 22.7 Å². The Morgan fingerprint density at radius 1 is 1.38 bits per heavy atom. The Morgan fingerprint density at radius 2 is 2.17 bits per heavy atom. The molecule has 128 valence electrons. The summed E-state index contributed by atoms with van der Waals surface area (Å²) in [7, 11) is -2.29. The lowest BCUT2D eigenvalue weighted by molar-refractivity contribution is -0.123. The minimum absolute atomic E-state index is 0.136. The molecule has 7 nitrogen and oxygen atoms in total. The zero-order valence-corrected chi connectivity index (χ0v) is 14.7. The normalized spacial score (nSPS) is 21.8. The van der Waals surface area contributed by atoms with Crippen molar-refractivity contribution in [1.82, 2.24) is 14.6 Å². The van der Waals surface area contributed by atoms with Crippen molar-refractivity contribution in [3.8, 4) is 10.6 Å². The lowest BCUT2D eigenvalue weighted by Crippen LogP contribution is -2.44. The molecular formula is C15H18N4O3S2. The van der Waals surface area contributed by atoms with Crippen LogP contribution in [0.3, 0.4) is 0 Å². The Hall–Kier alpha value is -1.81. The number of sulfonamides is 1. The molecule has 1 amide bonds. The molecule has 1 saturated heterocycles. The van der Waals surface area contributed by atoms with Gasteiger partial charge in [0.25, 0.3) is 10.0 Å². The Bertz CT molecular complexity index is 835. The van der Waals surface area contributed by atoms with Crippen LogP contribution in [0.4, 0.5) is 0 Å². The molecule has 0 aliphatic carbocycles. The largest absolute Gasteiger partial charge is 0.358 e. The second-order valence-electron chi connectivity index (χ2n) is 5.53. The van der Waals surface area contributed by atoms with Gasteiger partial charge in [0.2, 0.25) is 5.91 Å². The average molecular weight is 366 g/mol. The summed E-state index contributed by atoms with van der Waals surface area (Å²) in [6.45, 7) is 0.136. The molecule has 3 rings (SSSR count). The van der Waals surface area contributed by atoms with Crippen LogP contribution in [0.15, 0.2) is 40.7 Å².